The molecule has 0 saturated heterocycles. The highest BCUT2D eigenvalue weighted by Gasteiger charge is 1.95. The van der Waals surface area contributed by atoms with Crippen molar-refractivity contribution >= 4 is 0 Å². The summed E-state index contributed by atoms with van der Waals surface area (Å²) in [7, 11) is 0. The van der Waals surface area contributed by atoms with E-state index in [1.54, 1.807) is 0 Å². The van der Waals surface area contributed by atoms with Crippen molar-refractivity contribution in [2.75, 3.05) is 13.2 Å². The van der Waals surface area contributed by atoms with E-state index in [9.17, 15) is 0 Å². The largest absolute Gasteiger partial charge is 0.489 e. The van der Waals surface area contributed by atoms with Gasteiger partial charge in [0.15, 0.2) is 0 Å². The highest BCUT2D eigenvalue weighted by atomic mass is 16.5. The van der Waals surface area contributed by atoms with Crippen molar-refractivity contribution in [1.82, 2.24) is 0 Å². The number of benzene rings is 1. The second kappa shape index (κ2) is 5.45. The maximum Gasteiger partial charge on any atom is 0.119 e. The first-order valence-corrected chi connectivity index (χ1v) is 4.69. The number of hydrogen-bond donors (Lipinski definition) is 1. The molecule has 0 heterocycles. The average molecular weight is 192 g/mol. The molecule has 1 aromatic rings. The molecule has 0 atom stereocenters. The molecule has 0 bridgehead atoms. The Morgan fingerprint density at radius 2 is 2.00 bits per heavy atom. The minimum atomic E-state index is 0.186. The highest BCUT2D eigenvalue weighted by molar-refractivity contribution is 5.27. The maximum absolute atomic E-state index is 8.72. The van der Waals surface area contributed by atoms with E-state index < -0.39 is 0 Å². The van der Waals surface area contributed by atoms with Crippen LogP contribution in [0.15, 0.2) is 36.4 Å². The van der Waals surface area contributed by atoms with Crippen LogP contribution in [0.3, 0.4) is 0 Å². The van der Waals surface area contributed by atoms with Gasteiger partial charge in [-0.25, -0.2) is 0 Å². The summed E-state index contributed by atoms with van der Waals surface area (Å²) < 4.78 is 5.44. The number of ether oxygens (including phenoxy) is 1. The Kier molecular flexibility index (Phi) is 4.20. The lowest BCUT2D eigenvalue weighted by atomic mass is 10.1. The minimum absolute atomic E-state index is 0.186. The van der Waals surface area contributed by atoms with Crippen molar-refractivity contribution in [3.63, 3.8) is 0 Å². The smallest absolute Gasteiger partial charge is 0.119 e. The Bertz CT molecular complexity index is 288. The van der Waals surface area contributed by atoms with Crippen molar-refractivity contribution in [2.45, 2.75) is 13.3 Å². The van der Waals surface area contributed by atoms with Crippen LogP contribution in [0, 0.1) is 0 Å². The van der Waals surface area contributed by atoms with Gasteiger partial charge in [-0.3, -0.25) is 0 Å². The molecule has 2 heteroatoms. The fraction of sp³-hybridized carbons (Fsp3) is 0.333. The molecule has 2 nitrogen and oxygen atoms in total. The van der Waals surface area contributed by atoms with E-state index >= 15 is 0 Å². The second-order valence-corrected chi connectivity index (χ2v) is 3.36. The summed E-state index contributed by atoms with van der Waals surface area (Å²) in [5, 5.41) is 8.72. The Morgan fingerprint density at radius 1 is 1.36 bits per heavy atom. The molecule has 0 spiro atoms. The topological polar surface area (TPSA) is 29.5 Å². The van der Waals surface area contributed by atoms with Crippen molar-refractivity contribution in [3.05, 3.63) is 42.0 Å². The standard InChI is InChI=1S/C12H16O2/c1-10(2)9-14-12-5-3-11(4-6-12)7-8-13/h3-6,13H,1,7-9H2,2H3. The molecule has 0 aliphatic carbocycles. The van der Waals surface area contributed by atoms with Gasteiger partial charge in [0.1, 0.15) is 12.4 Å². The van der Waals surface area contributed by atoms with Crippen molar-refractivity contribution in [1.29, 1.82) is 0 Å². The van der Waals surface area contributed by atoms with Crippen LogP contribution in [0.4, 0.5) is 0 Å². The molecule has 0 aromatic heterocycles. The van der Waals surface area contributed by atoms with Gasteiger partial charge in [-0.1, -0.05) is 18.7 Å². The number of rotatable bonds is 5. The Hall–Kier alpha value is -1.28. The zero-order valence-electron chi connectivity index (χ0n) is 8.49. The molecule has 0 radical (unpaired) electrons. The molecular formula is C12H16O2. The number of aliphatic hydroxyl groups excluding tert-OH is 1. The molecule has 0 fully saturated rings. The first kappa shape index (κ1) is 10.8. The molecule has 1 rings (SSSR count). The fourth-order valence-electron chi connectivity index (χ4n) is 1.09. The highest BCUT2D eigenvalue weighted by Crippen LogP contribution is 2.12. The predicted molar refractivity (Wildman–Crippen MR) is 57.5 cm³/mol. The van der Waals surface area contributed by atoms with Gasteiger partial charge >= 0.3 is 0 Å². The van der Waals surface area contributed by atoms with Gasteiger partial charge in [0, 0.05) is 6.61 Å². The van der Waals surface area contributed by atoms with E-state index in [1.807, 2.05) is 31.2 Å². The molecule has 76 valence electrons. The number of aliphatic hydroxyl groups is 1. The molecule has 0 unspecified atom stereocenters. The van der Waals surface area contributed by atoms with Gasteiger partial charge in [0.05, 0.1) is 0 Å². The van der Waals surface area contributed by atoms with E-state index in [2.05, 4.69) is 6.58 Å². The summed E-state index contributed by atoms with van der Waals surface area (Å²) in [5.74, 6) is 0.842. The average Bonchev–Trinajstić information content (AvgIpc) is 2.17. The van der Waals surface area contributed by atoms with Crippen molar-refractivity contribution < 1.29 is 9.84 Å². The van der Waals surface area contributed by atoms with Gasteiger partial charge in [-0.2, -0.15) is 0 Å². The van der Waals surface area contributed by atoms with Crippen LogP contribution in [0.2, 0.25) is 0 Å². The third kappa shape index (κ3) is 3.62. The molecule has 0 aliphatic rings. The predicted octanol–water partition coefficient (Wildman–Crippen LogP) is 2.18. The Labute approximate surface area is 84.8 Å². The first-order chi connectivity index (χ1) is 6.72. The lowest BCUT2D eigenvalue weighted by Crippen LogP contribution is -1.97. The monoisotopic (exact) mass is 192 g/mol. The van der Waals surface area contributed by atoms with Gasteiger partial charge in [0.2, 0.25) is 0 Å². The quantitative estimate of drug-likeness (QED) is 0.724. The summed E-state index contributed by atoms with van der Waals surface area (Å²) in [6.45, 7) is 6.43. The molecule has 0 amide bonds. The summed E-state index contributed by atoms with van der Waals surface area (Å²) >= 11 is 0. The van der Waals surface area contributed by atoms with Gasteiger partial charge in [-0.15, -0.1) is 0 Å². The number of hydrogen-bond acceptors (Lipinski definition) is 2. The maximum atomic E-state index is 8.72. The molecule has 1 N–H and O–H groups in total. The summed E-state index contributed by atoms with van der Waals surface area (Å²) in [4.78, 5) is 0. The zero-order chi connectivity index (χ0) is 10.4. The van der Waals surface area contributed by atoms with Crippen molar-refractivity contribution in [3.8, 4) is 5.75 Å². The van der Waals surface area contributed by atoms with Crippen LogP contribution in [0.1, 0.15) is 12.5 Å². The zero-order valence-corrected chi connectivity index (χ0v) is 8.49. The molecule has 0 saturated carbocycles. The molecule has 14 heavy (non-hydrogen) atoms. The van der Waals surface area contributed by atoms with Crippen LogP contribution in [-0.2, 0) is 6.42 Å². The van der Waals surface area contributed by atoms with E-state index in [0.717, 1.165) is 16.9 Å². The van der Waals surface area contributed by atoms with E-state index in [4.69, 9.17) is 9.84 Å². The summed E-state index contributed by atoms with van der Waals surface area (Å²) in [6.07, 6.45) is 0.695. The molecule has 1 aromatic carbocycles. The van der Waals surface area contributed by atoms with Crippen LogP contribution in [-0.4, -0.2) is 18.3 Å². The summed E-state index contributed by atoms with van der Waals surface area (Å²) in [6, 6.07) is 7.75. The van der Waals surface area contributed by atoms with E-state index in [-0.39, 0.29) is 6.61 Å². The lowest BCUT2D eigenvalue weighted by molar-refractivity contribution is 0.299. The van der Waals surface area contributed by atoms with Gasteiger partial charge in [0.25, 0.3) is 0 Å². The van der Waals surface area contributed by atoms with Gasteiger partial charge < -0.3 is 9.84 Å². The van der Waals surface area contributed by atoms with Crippen LogP contribution in [0.5, 0.6) is 5.75 Å². The minimum Gasteiger partial charge on any atom is -0.489 e. The SMILES string of the molecule is C=C(C)COc1ccc(CCO)cc1. The van der Waals surface area contributed by atoms with Crippen LogP contribution in [0.25, 0.3) is 0 Å². The Balaban J connectivity index is 2.50. The normalized spacial score (nSPS) is 9.86. The lowest BCUT2D eigenvalue weighted by Gasteiger charge is -2.06. The summed E-state index contributed by atoms with van der Waals surface area (Å²) in [5.41, 5.74) is 2.12. The van der Waals surface area contributed by atoms with Gasteiger partial charge in [-0.05, 0) is 36.6 Å². The first-order valence-electron chi connectivity index (χ1n) is 4.69. The fourth-order valence-corrected chi connectivity index (χ4v) is 1.09. The van der Waals surface area contributed by atoms with Crippen LogP contribution < -0.4 is 4.74 Å². The third-order valence-electron chi connectivity index (χ3n) is 1.81. The Morgan fingerprint density at radius 3 is 2.50 bits per heavy atom. The van der Waals surface area contributed by atoms with Crippen molar-refractivity contribution in [2.24, 2.45) is 0 Å². The molecular weight excluding hydrogens is 176 g/mol. The molecule has 0 aliphatic heterocycles. The third-order valence-corrected chi connectivity index (χ3v) is 1.81. The van der Waals surface area contributed by atoms with E-state index in [1.165, 1.54) is 0 Å². The van der Waals surface area contributed by atoms with Crippen LogP contribution >= 0.6 is 0 Å². The van der Waals surface area contributed by atoms with E-state index in [0.29, 0.717) is 13.0 Å². The second-order valence-electron chi connectivity index (χ2n) is 3.36.